The lowest BCUT2D eigenvalue weighted by Gasteiger charge is -2.42. The number of allylic oxidation sites excluding steroid dienone is 2. The molecule has 0 radical (unpaired) electrons. The second-order valence-electron chi connectivity index (χ2n) is 6.38. The Hall–Kier alpha value is -3.42. The van der Waals surface area contributed by atoms with Crippen molar-refractivity contribution in [1.82, 2.24) is 0 Å². The van der Waals surface area contributed by atoms with Gasteiger partial charge in [0.2, 0.25) is 5.78 Å². The minimum atomic E-state index is -2.00. The number of Topliss-reactive ketones (excluding diaryl/α,β-unsaturated/α-hetero) is 1. The van der Waals surface area contributed by atoms with E-state index in [1.165, 1.54) is 44.2 Å². The number of rotatable bonds is 3. The van der Waals surface area contributed by atoms with E-state index in [1.807, 2.05) is 0 Å². The molecule has 28 heavy (non-hydrogen) atoms. The lowest BCUT2D eigenvalue weighted by Crippen LogP contribution is -2.61. The maximum Gasteiger partial charge on any atom is 0.359 e. The van der Waals surface area contributed by atoms with Crippen molar-refractivity contribution in [3.8, 4) is 11.5 Å². The number of hydrogen-bond acceptors (Lipinski definition) is 8. The maximum absolute atomic E-state index is 13.3. The zero-order valence-electron chi connectivity index (χ0n) is 15.7. The highest BCUT2D eigenvalue weighted by atomic mass is 16.6. The molecule has 8 nitrogen and oxygen atoms in total. The van der Waals surface area contributed by atoms with E-state index < -0.39 is 35.4 Å². The van der Waals surface area contributed by atoms with Gasteiger partial charge in [0.15, 0.2) is 6.10 Å². The highest BCUT2D eigenvalue weighted by Gasteiger charge is 2.60. The van der Waals surface area contributed by atoms with E-state index in [1.54, 1.807) is 6.92 Å². The fourth-order valence-corrected chi connectivity index (χ4v) is 3.31. The van der Waals surface area contributed by atoms with Crippen LogP contribution >= 0.6 is 0 Å². The summed E-state index contributed by atoms with van der Waals surface area (Å²) in [6.07, 6.45) is 3.09. The van der Waals surface area contributed by atoms with Crippen molar-refractivity contribution < 1.29 is 38.1 Å². The molecule has 1 aliphatic carbocycles. The molecule has 3 rings (SSSR count). The molecule has 0 aromatic heterocycles. The van der Waals surface area contributed by atoms with Crippen LogP contribution in [0.3, 0.4) is 0 Å². The molecule has 1 heterocycles. The molecule has 8 heteroatoms. The molecule has 0 saturated carbocycles. The van der Waals surface area contributed by atoms with Crippen LogP contribution in [0.4, 0.5) is 0 Å². The van der Waals surface area contributed by atoms with Crippen molar-refractivity contribution in [1.29, 1.82) is 0 Å². The Kier molecular flexibility index (Phi) is 4.80. The zero-order chi connectivity index (χ0) is 20.6. The Balaban J connectivity index is 2.25. The first-order valence-corrected chi connectivity index (χ1v) is 8.42. The van der Waals surface area contributed by atoms with E-state index in [0.717, 1.165) is 7.11 Å². The maximum atomic E-state index is 13.3. The molecule has 0 saturated heterocycles. The molecule has 0 amide bonds. The van der Waals surface area contributed by atoms with Gasteiger partial charge in [-0.05, 0) is 30.7 Å². The number of hydrogen-bond donors (Lipinski definition) is 0. The van der Waals surface area contributed by atoms with Gasteiger partial charge in [0, 0.05) is 13.8 Å². The first-order chi connectivity index (χ1) is 13.2. The molecule has 0 N–H and O–H groups in total. The van der Waals surface area contributed by atoms with Crippen LogP contribution < -0.4 is 9.47 Å². The van der Waals surface area contributed by atoms with Crippen LogP contribution in [-0.4, -0.2) is 42.5 Å². The number of esters is 3. The average Bonchev–Trinajstić information content (AvgIpc) is 2.60. The Morgan fingerprint density at radius 2 is 1.86 bits per heavy atom. The topological polar surface area (TPSA) is 105 Å². The number of ketones is 1. The van der Waals surface area contributed by atoms with Crippen LogP contribution in [0.2, 0.25) is 0 Å². The van der Waals surface area contributed by atoms with Gasteiger partial charge in [-0.2, -0.15) is 0 Å². The lowest BCUT2D eigenvalue weighted by molar-refractivity contribution is -0.171. The van der Waals surface area contributed by atoms with Crippen LogP contribution in [0, 0.1) is 6.92 Å². The quantitative estimate of drug-likeness (QED) is 0.572. The van der Waals surface area contributed by atoms with E-state index in [0.29, 0.717) is 5.56 Å². The number of aryl methyl sites for hydroxylation is 1. The first-order valence-electron chi connectivity index (χ1n) is 8.42. The molecule has 1 aromatic rings. The van der Waals surface area contributed by atoms with Crippen molar-refractivity contribution in [2.45, 2.75) is 32.5 Å². The number of ether oxygens (including phenoxy) is 4. The fraction of sp³-hybridized carbons (Fsp3) is 0.300. The molecule has 0 unspecified atom stereocenters. The fourth-order valence-electron chi connectivity index (χ4n) is 3.31. The Morgan fingerprint density at radius 1 is 1.14 bits per heavy atom. The molecule has 1 aromatic carbocycles. The number of fused-ring (bicyclic) bond motifs is 2. The van der Waals surface area contributed by atoms with Gasteiger partial charge >= 0.3 is 17.9 Å². The summed E-state index contributed by atoms with van der Waals surface area (Å²) in [5.74, 6) is -2.72. The third-order valence-corrected chi connectivity index (χ3v) is 4.34. The molecular formula is C20H18O8. The smallest absolute Gasteiger partial charge is 0.359 e. The number of carbonyl (C=O) groups is 4. The normalized spacial score (nSPS) is 22.2. The summed E-state index contributed by atoms with van der Waals surface area (Å²) >= 11 is 0. The summed E-state index contributed by atoms with van der Waals surface area (Å²) in [6.45, 7) is 4.10. The predicted octanol–water partition coefficient (Wildman–Crippen LogP) is 1.84. The summed E-state index contributed by atoms with van der Waals surface area (Å²) < 4.78 is 21.3. The summed E-state index contributed by atoms with van der Waals surface area (Å²) in [5, 5.41) is 0. The number of carbonyl (C=O) groups excluding carboxylic acids is 4. The zero-order valence-corrected chi connectivity index (χ0v) is 15.7. The molecule has 0 fully saturated rings. The van der Waals surface area contributed by atoms with Crippen LogP contribution in [0.25, 0.3) is 0 Å². The van der Waals surface area contributed by atoms with Crippen LogP contribution in [0.15, 0.2) is 35.9 Å². The summed E-state index contributed by atoms with van der Waals surface area (Å²) in [5.41, 5.74) is -1.45. The largest absolute Gasteiger partial charge is 0.466 e. The van der Waals surface area contributed by atoms with Crippen molar-refractivity contribution >= 4 is 23.7 Å². The molecule has 2 aliphatic rings. The highest BCUT2D eigenvalue weighted by molar-refractivity contribution is 6.19. The van der Waals surface area contributed by atoms with Gasteiger partial charge in [-0.3, -0.25) is 14.4 Å². The van der Waals surface area contributed by atoms with Gasteiger partial charge in [-0.25, -0.2) is 4.79 Å². The Labute approximate surface area is 160 Å². The van der Waals surface area contributed by atoms with Crippen molar-refractivity contribution in [2.24, 2.45) is 0 Å². The van der Waals surface area contributed by atoms with Gasteiger partial charge in [-0.1, -0.05) is 12.2 Å². The van der Waals surface area contributed by atoms with Gasteiger partial charge in [0.25, 0.3) is 5.60 Å². The summed E-state index contributed by atoms with van der Waals surface area (Å²) in [6, 6.07) is 3.06. The molecule has 0 bridgehead atoms. The average molecular weight is 386 g/mol. The molecule has 146 valence electrons. The third-order valence-electron chi connectivity index (χ3n) is 4.34. The Bertz CT molecular complexity index is 955. The van der Waals surface area contributed by atoms with Crippen molar-refractivity contribution in [2.75, 3.05) is 7.11 Å². The molecular weight excluding hydrogens is 368 g/mol. The molecule has 1 aliphatic heterocycles. The molecule has 0 spiro atoms. The van der Waals surface area contributed by atoms with E-state index in [9.17, 15) is 19.2 Å². The van der Waals surface area contributed by atoms with Crippen LogP contribution in [0.5, 0.6) is 11.5 Å². The summed E-state index contributed by atoms with van der Waals surface area (Å²) in [4.78, 5) is 49.1. The van der Waals surface area contributed by atoms with E-state index in [2.05, 4.69) is 0 Å². The Morgan fingerprint density at radius 3 is 2.46 bits per heavy atom. The third kappa shape index (κ3) is 2.96. The standard InChI is InChI=1S/C20H18O8/c1-10-8-14(26-11(2)21)17-15(9-10)28-20(19(24)25-4)13(18(17)23)6-5-7-16(20)27-12(3)22/h5-9,16H,1-4H3/t16-,20+/m1/s1. The lowest BCUT2D eigenvalue weighted by atomic mass is 9.77. The molecule has 2 atom stereocenters. The van der Waals surface area contributed by atoms with E-state index in [-0.39, 0.29) is 22.6 Å². The monoisotopic (exact) mass is 386 g/mol. The highest BCUT2D eigenvalue weighted by Crippen LogP contribution is 2.46. The van der Waals surface area contributed by atoms with Crippen molar-refractivity contribution in [3.63, 3.8) is 0 Å². The minimum Gasteiger partial charge on any atom is -0.466 e. The van der Waals surface area contributed by atoms with Crippen molar-refractivity contribution in [3.05, 3.63) is 47.1 Å². The van der Waals surface area contributed by atoms with Gasteiger partial charge in [0.05, 0.1) is 12.7 Å². The van der Waals surface area contributed by atoms with E-state index in [4.69, 9.17) is 18.9 Å². The second-order valence-corrected chi connectivity index (χ2v) is 6.38. The first kappa shape index (κ1) is 19.3. The van der Waals surface area contributed by atoms with Gasteiger partial charge in [-0.15, -0.1) is 0 Å². The summed E-state index contributed by atoms with van der Waals surface area (Å²) in [7, 11) is 1.14. The van der Waals surface area contributed by atoms with Gasteiger partial charge < -0.3 is 18.9 Å². The number of benzene rings is 1. The van der Waals surface area contributed by atoms with E-state index >= 15 is 0 Å². The van der Waals surface area contributed by atoms with Crippen LogP contribution in [-0.2, 0) is 23.9 Å². The predicted molar refractivity (Wildman–Crippen MR) is 95.0 cm³/mol. The number of methoxy groups -OCH3 is 1. The van der Waals surface area contributed by atoms with Gasteiger partial charge in [0.1, 0.15) is 17.1 Å². The SMILES string of the molecule is COC(=O)[C@]12Oc3cc(C)cc(OC(C)=O)c3C(=O)C1=CC=C[C@H]2OC(C)=O. The van der Waals surface area contributed by atoms with Crippen LogP contribution in [0.1, 0.15) is 29.8 Å². The second kappa shape index (κ2) is 6.95. The minimum absolute atomic E-state index is 0.00320.